The van der Waals surface area contributed by atoms with Crippen LogP contribution in [0.3, 0.4) is 0 Å². The molecule has 106 valence electrons. The Bertz CT molecular complexity index is 382. The summed E-state index contributed by atoms with van der Waals surface area (Å²) in [6, 6.07) is 7.85. The summed E-state index contributed by atoms with van der Waals surface area (Å²) >= 11 is 3.39. The SMILES string of the molecule is Cc1cccc(OCCC(=O)NCCCCCBr)c1. The van der Waals surface area contributed by atoms with Gasteiger partial charge >= 0.3 is 0 Å². The fourth-order valence-corrected chi connectivity index (χ4v) is 2.08. The normalized spacial score (nSPS) is 10.2. The van der Waals surface area contributed by atoms with E-state index in [-0.39, 0.29) is 5.91 Å². The number of unbranched alkanes of at least 4 members (excludes halogenated alkanes) is 2. The van der Waals surface area contributed by atoms with Gasteiger partial charge in [-0.3, -0.25) is 4.79 Å². The average molecular weight is 328 g/mol. The van der Waals surface area contributed by atoms with Gasteiger partial charge in [-0.15, -0.1) is 0 Å². The molecule has 0 aromatic heterocycles. The Hall–Kier alpha value is -1.03. The first kappa shape index (κ1) is 16.0. The van der Waals surface area contributed by atoms with Crippen LogP contribution in [0.1, 0.15) is 31.2 Å². The number of hydrogen-bond donors (Lipinski definition) is 1. The molecule has 0 aliphatic carbocycles. The highest BCUT2D eigenvalue weighted by molar-refractivity contribution is 9.09. The van der Waals surface area contributed by atoms with Crippen LogP contribution in [0.4, 0.5) is 0 Å². The van der Waals surface area contributed by atoms with E-state index in [0.29, 0.717) is 13.0 Å². The molecule has 0 atom stereocenters. The fraction of sp³-hybridized carbons (Fsp3) is 0.533. The van der Waals surface area contributed by atoms with Gasteiger partial charge in [-0.25, -0.2) is 0 Å². The van der Waals surface area contributed by atoms with Gasteiger partial charge in [0.2, 0.25) is 5.91 Å². The molecule has 1 N–H and O–H groups in total. The van der Waals surface area contributed by atoms with Crippen molar-refractivity contribution in [2.75, 3.05) is 18.5 Å². The van der Waals surface area contributed by atoms with Crippen molar-refractivity contribution in [1.29, 1.82) is 0 Å². The van der Waals surface area contributed by atoms with Gasteiger partial charge in [0.1, 0.15) is 5.75 Å². The number of halogens is 1. The molecule has 0 radical (unpaired) electrons. The average Bonchev–Trinajstić information content (AvgIpc) is 2.38. The van der Waals surface area contributed by atoms with Crippen LogP contribution < -0.4 is 10.1 Å². The van der Waals surface area contributed by atoms with Crippen molar-refractivity contribution in [3.63, 3.8) is 0 Å². The monoisotopic (exact) mass is 327 g/mol. The lowest BCUT2D eigenvalue weighted by atomic mass is 10.2. The molecular weight excluding hydrogens is 306 g/mol. The van der Waals surface area contributed by atoms with Crippen LogP contribution in [0.2, 0.25) is 0 Å². The molecule has 1 aromatic rings. The number of carbonyl (C=O) groups is 1. The Balaban J connectivity index is 2.07. The van der Waals surface area contributed by atoms with Crippen molar-refractivity contribution in [3.8, 4) is 5.75 Å². The van der Waals surface area contributed by atoms with Crippen LogP contribution in [0.5, 0.6) is 5.75 Å². The minimum Gasteiger partial charge on any atom is -0.493 e. The van der Waals surface area contributed by atoms with Gasteiger partial charge in [0.25, 0.3) is 0 Å². The Morgan fingerprint density at radius 3 is 2.89 bits per heavy atom. The van der Waals surface area contributed by atoms with E-state index >= 15 is 0 Å². The summed E-state index contributed by atoms with van der Waals surface area (Å²) in [7, 11) is 0. The van der Waals surface area contributed by atoms with Crippen molar-refractivity contribution in [3.05, 3.63) is 29.8 Å². The first-order valence-electron chi connectivity index (χ1n) is 6.74. The number of ether oxygens (including phenoxy) is 1. The Kier molecular flexibility index (Phi) is 8.30. The third-order valence-electron chi connectivity index (χ3n) is 2.72. The van der Waals surface area contributed by atoms with Crippen LogP contribution in [0.25, 0.3) is 0 Å². The topological polar surface area (TPSA) is 38.3 Å². The standard InChI is InChI=1S/C15H22BrNO2/c1-13-6-5-7-14(12-13)19-11-8-15(18)17-10-4-2-3-9-16/h5-7,12H,2-4,8-11H2,1H3,(H,17,18). The summed E-state index contributed by atoms with van der Waals surface area (Å²) < 4.78 is 5.54. The van der Waals surface area contributed by atoms with Crippen LogP contribution in [0, 0.1) is 6.92 Å². The van der Waals surface area contributed by atoms with Crippen LogP contribution in [-0.2, 0) is 4.79 Å². The molecule has 0 aliphatic heterocycles. The lowest BCUT2D eigenvalue weighted by Crippen LogP contribution is -2.25. The molecule has 0 aliphatic rings. The molecule has 1 aromatic carbocycles. The molecule has 0 saturated heterocycles. The maximum absolute atomic E-state index is 11.5. The van der Waals surface area contributed by atoms with Crippen LogP contribution >= 0.6 is 15.9 Å². The minimum absolute atomic E-state index is 0.0616. The molecule has 0 unspecified atom stereocenters. The number of carbonyl (C=O) groups excluding carboxylic acids is 1. The summed E-state index contributed by atoms with van der Waals surface area (Å²) in [5.74, 6) is 0.886. The van der Waals surface area contributed by atoms with Gasteiger partial charge in [-0.05, 0) is 37.5 Å². The molecule has 0 spiro atoms. The highest BCUT2D eigenvalue weighted by Crippen LogP contribution is 2.12. The van der Waals surface area contributed by atoms with Gasteiger partial charge in [-0.1, -0.05) is 34.5 Å². The van der Waals surface area contributed by atoms with E-state index in [0.717, 1.165) is 42.5 Å². The molecule has 1 amide bonds. The zero-order chi connectivity index (χ0) is 13.9. The highest BCUT2D eigenvalue weighted by atomic mass is 79.9. The molecule has 19 heavy (non-hydrogen) atoms. The molecule has 0 heterocycles. The van der Waals surface area contributed by atoms with Gasteiger partial charge in [0.05, 0.1) is 13.0 Å². The summed E-state index contributed by atoms with van der Waals surface area (Å²) in [4.78, 5) is 11.5. The molecule has 4 heteroatoms. The number of hydrogen-bond acceptors (Lipinski definition) is 2. The third-order valence-corrected chi connectivity index (χ3v) is 3.28. The number of alkyl halides is 1. The number of amides is 1. The predicted octanol–water partition coefficient (Wildman–Crippen LogP) is 3.45. The van der Waals surface area contributed by atoms with Gasteiger partial charge in [0, 0.05) is 11.9 Å². The van der Waals surface area contributed by atoms with Crippen LogP contribution in [0.15, 0.2) is 24.3 Å². The van der Waals surface area contributed by atoms with E-state index in [1.54, 1.807) is 0 Å². The first-order chi connectivity index (χ1) is 9.22. The van der Waals surface area contributed by atoms with Crippen molar-refractivity contribution in [2.45, 2.75) is 32.6 Å². The largest absolute Gasteiger partial charge is 0.493 e. The Morgan fingerprint density at radius 1 is 1.32 bits per heavy atom. The molecule has 3 nitrogen and oxygen atoms in total. The van der Waals surface area contributed by atoms with E-state index in [2.05, 4.69) is 21.2 Å². The molecule has 0 fully saturated rings. The number of aryl methyl sites for hydroxylation is 1. The third kappa shape index (κ3) is 7.88. The van der Waals surface area contributed by atoms with Crippen molar-refractivity contribution >= 4 is 21.8 Å². The van der Waals surface area contributed by atoms with E-state index in [1.807, 2.05) is 31.2 Å². The van der Waals surface area contributed by atoms with Gasteiger partial charge in [0.15, 0.2) is 0 Å². The second kappa shape index (κ2) is 9.84. The van der Waals surface area contributed by atoms with Crippen molar-refractivity contribution in [2.24, 2.45) is 0 Å². The fourth-order valence-electron chi connectivity index (χ4n) is 1.68. The number of nitrogens with one attached hydrogen (secondary N) is 1. The maximum atomic E-state index is 11.5. The number of rotatable bonds is 9. The smallest absolute Gasteiger partial charge is 0.223 e. The summed E-state index contributed by atoms with van der Waals surface area (Å²) in [6.07, 6.45) is 3.75. The minimum atomic E-state index is 0.0616. The van der Waals surface area contributed by atoms with Gasteiger partial charge < -0.3 is 10.1 Å². The van der Waals surface area contributed by atoms with E-state index < -0.39 is 0 Å². The van der Waals surface area contributed by atoms with Crippen LogP contribution in [-0.4, -0.2) is 24.4 Å². The zero-order valence-corrected chi connectivity index (χ0v) is 13.0. The molecule has 1 rings (SSSR count). The summed E-state index contributed by atoms with van der Waals surface area (Å²) in [5.41, 5.74) is 1.16. The second-order valence-corrected chi connectivity index (χ2v) is 5.31. The Morgan fingerprint density at radius 2 is 2.16 bits per heavy atom. The van der Waals surface area contributed by atoms with E-state index in [9.17, 15) is 4.79 Å². The van der Waals surface area contributed by atoms with Crippen molar-refractivity contribution < 1.29 is 9.53 Å². The molecule has 0 bridgehead atoms. The Labute approximate surface area is 123 Å². The number of benzene rings is 1. The highest BCUT2D eigenvalue weighted by Gasteiger charge is 2.01. The molecule has 0 saturated carbocycles. The van der Waals surface area contributed by atoms with Gasteiger partial charge in [-0.2, -0.15) is 0 Å². The predicted molar refractivity (Wildman–Crippen MR) is 81.9 cm³/mol. The molecular formula is C15H22BrNO2. The lowest BCUT2D eigenvalue weighted by molar-refractivity contribution is -0.121. The first-order valence-corrected chi connectivity index (χ1v) is 7.86. The summed E-state index contributed by atoms with van der Waals surface area (Å²) in [6.45, 7) is 3.21. The zero-order valence-electron chi connectivity index (χ0n) is 11.5. The second-order valence-electron chi connectivity index (χ2n) is 4.51. The maximum Gasteiger partial charge on any atom is 0.223 e. The quantitative estimate of drug-likeness (QED) is 0.557. The van der Waals surface area contributed by atoms with Crippen molar-refractivity contribution in [1.82, 2.24) is 5.32 Å². The lowest BCUT2D eigenvalue weighted by Gasteiger charge is -2.07. The summed E-state index contributed by atoms with van der Waals surface area (Å²) in [5, 5.41) is 3.94. The van der Waals surface area contributed by atoms with E-state index in [1.165, 1.54) is 0 Å². The van der Waals surface area contributed by atoms with E-state index in [4.69, 9.17) is 4.74 Å².